The standard InChI is InChI=1S/C13H18N4O2S/c1-17(2)10(11-4-3-5-19-11)7-15-12(18)6-9-8-20-13(14)16-9/h3-5,8,10H,6-7H2,1-2H3,(H2,14,16)(H,15,18). The van der Waals surface area contributed by atoms with E-state index in [0.29, 0.717) is 17.4 Å². The molecule has 0 bridgehead atoms. The number of nitrogens with zero attached hydrogens (tertiary/aromatic N) is 2. The molecule has 0 fully saturated rings. The molecule has 1 atom stereocenters. The number of carbonyl (C=O) groups excluding carboxylic acids is 1. The van der Waals surface area contributed by atoms with Gasteiger partial charge in [-0.05, 0) is 26.2 Å². The number of carbonyl (C=O) groups is 1. The Bertz CT molecular complexity index is 550. The highest BCUT2D eigenvalue weighted by atomic mass is 32.1. The van der Waals surface area contributed by atoms with Gasteiger partial charge in [0.15, 0.2) is 5.13 Å². The van der Waals surface area contributed by atoms with E-state index in [1.807, 2.05) is 31.1 Å². The minimum atomic E-state index is -0.0753. The van der Waals surface area contributed by atoms with Crippen LogP contribution in [0.25, 0.3) is 0 Å². The molecule has 0 radical (unpaired) electrons. The summed E-state index contributed by atoms with van der Waals surface area (Å²) in [6, 6.07) is 3.75. The van der Waals surface area contributed by atoms with Crippen LogP contribution in [0.2, 0.25) is 0 Å². The van der Waals surface area contributed by atoms with Gasteiger partial charge in [-0.15, -0.1) is 11.3 Å². The fourth-order valence-electron chi connectivity index (χ4n) is 1.86. The number of nitrogens with one attached hydrogen (secondary N) is 1. The summed E-state index contributed by atoms with van der Waals surface area (Å²) in [6.45, 7) is 0.485. The monoisotopic (exact) mass is 294 g/mol. The third-order valence-electron chi connectivity index (χ3n) is 2.90. The van der Waals surface area contributed by atoms with Gasteiger partial charge in [-0.1, -0.05) is 0 Å². The zero-order valence-corrected chi connectivity index (χ0v) is 12.3. The first-order valence-electron chi connectivity index (χ1n) is 6.22. The van der Waals surface area contributed by atoms with Crippen LogP contribution in [-0.4, -0.2) is 36.4 Å². The van der Waals surface area contributed by atoms with Gasteiger partial charge in [-0.3, -0.25) is 9.69 Å². The van der Waals surface area contributed by atoms with Crippen molar-refractivity contribution in [3.05, 3.63) is 35.2 Å². The molecular weight excluding hydrogens is 276 g/mol. The largest absolute Gasteiger partial charge is 0.468 e. The van der Waals surface area contributed by atoms with E-state index in [-0.39, 0.29) is 18.4 Å². The second kappa shape index (κ2) is 6.53. The van der Waals surface area contributed by atoms with Gasteiger partial charge in [-0.2, -0.15) is 0 Å². The summed E-state index contributed by atoms with van der Waals surface area (Å²) in [6.07, 6.45) is 1.87. The van der Waals surface area contributed by atoms with Crippen LogP contribution in [0, 0.1) is 0 Å². The number of hydrogen-bond acceptors (Lipinski definition) is 6. The first-order chi connectivity index (χ1) is 9.56. The lowest BCUT2D eigenvalue weighted by molar-refractivity contribution is -0.120. The molecule has 6 nitrogen and oxygen atoms in total. The molecule has 0 aliphatic rings. The summed E-state index contributed by atoms with van der Waals surface area (Å²) < 4.78 is 5.39. The van der Waals surface area contributed by atoms with Crippen molar-refractivity contribution < 1.29 is 9.21 Å². The number of nitrogens with two attached hydrogens (primary N) is 1. The highest BCUT2D eigenvalue weighted by Gasteiger charge is 2.18. The van der Waals surface area contributed by atoms with Crippen LogP contribution in [0.4, 0.5) is 5.13 Å². The fraction of sp³-hybridized carbons (Fsp3) is 0.385. The maximum absolute atomic E-state index is 11.9. The van der Waals surface area contributed by atoms with Crippen LogP contribution in [0.1, 0.15) is 17.5 Å². The van der Waals surface area contributed by atoms with E-state index in [1.54, 1.807) is 11.6 Å². The molecule has 0 saturated heterocycles. The SMILES string of the molecule is CN(C)C(CNC(=O)Cc1csc(N)n1)c1ccco1. The van der Waals surface area contributed by atoms with Gasteiger partial charge in [-0.25, -0.2) is 4.98 Å². The summed E-state index contributed by atoms with van der Waals surface area (Å²) >= 11 is 1.34. The number of anilines is 1. The average molecular weight is 294 g/mol. The Kier molecular flexibility index (Phi) is 4.75. The van der Waals surface area contributed by atoms with E-state index >= 15 is 0 Å². The minimum absolute atomic E-state index is 0.00875. The molecule has 2 aromatic heterocycles. The van der Waals surface area contributed by atoms with Crippen molar-refractivity contribution in [2.75, 3.05) is 26.4 Å². The summed E-state index contributed by atoms with van der Waals surface area (Å²) in [5, 5.41) is 5.17. The van der Waals surface area contributed by atoms with E-state index in [4.69, 9.17) is 10.2 Å². The van der Waals surface area contributed by atoms with E-state index in [1.165, 1.54) is 11.3 Å². The number of furan rings is 1. The molecule has 2 heterocycles. The quantitative estimate of drug-likeness (QED) is 0.838. The Labute approximate surface area is 121 Å². The average Bonchev–Trinajstić information content (AvgIpc) is 3.01. The Morgan fingerprint density at radius 1 is 1.60 bits per heavy atom. The molecule has 2 aromatic rings. The first-order valence-corrected chi connectivity index (χ1v) is 7.10. The minimum Gasteiger partial charge on any atom is -0.468 e. The molecule has 20 heavy (non-hydrogen) atoms. The van der Waals surface area contributed by atoms with E-state index in [2.05, 4.69) is 10.3 Å². The third kappa shape index (κ3) is 3.82. The van der Waals surface area contributed by atoms with Gasteiger partial charge in [0.25, 0.3) is 0 Å². The van der Waals surface area contributed by atoms with Gasteiger partial charge in [0.05, 0.1) is 24.4 Å². The molecule has 0 aromatic carbocycles. The number of aromatic nitrogens is 1. The van der Waals surface area contributed by atoms with Crippen molar-refractivity contribution in [1.82, 2.24) is 15.2 Å². The van der Waals surface area contributed by atoms with Crippen LogP contribution in [0.15, 0.2) is 28.2 Å². The van der Waals surface area contributed by atoms with Gasteiger partial charge >= 0.3 is 0 Å². The Morgan fingerprint density at radius 3 is 2.95 bits per heavy atom. The van der Waals surface area contributed by atoms with Crippen molar-refractivity contribution in [3.8, 4) is 0 Å². The van der Waals surface area contributed by atoms with Gasteiger partial charge < -0.3 is 15.5 Å². The fourth-order valence-corrected chi connectivity index (χ4v) is 2.42. The normalized spacial score (nSPS) is 12.6. The predicted octanol–water partition coefficient (Wildman–Crippen LogP) is 1.28. The lowest BCUT2D eigenvalue weighted by Gasteiger charge is -2.22. The lowest BCUT2D eigenvalue weighted by atomic mass is 10.2. The lowest BCUT2D eigenvalue weighted by Crippen LogP contribution is -2.35. The Morgan fingerprint density at radius 2 is 2.40 bits per heavy atom. The van der Waals surface area contributed by atoms with Gasteiger partial charge in [0, 0.05) is 11.9 Å². The molecule has 1 amide bonds. The van der Waals surface area contributed by atoms with E-state index < -0.39 is 0 Å². The Hall–Kier alpha value is -1.86. The maximum atomic E-state index is 11.9. The zero-order valence-electron chi connectivity index (χ0n) is 11.5. The highest BCUT2D eigenvalue weighted by molar-refractivity contribution is 7.13. The zero-order chi connectivity index (χ0) is 14.5. The van der Waals surface area contributed by atoms with Crippen molar-refractivity contribution >= 4 is 22.4 Å². The highest BCUT2D eigenvalue weighted by Crippen LogP contribution is 2.17. The van der Waals surface area contributed by atoms with Crippen LogP contribution in [0.3, 0.4) is 0 Å². The molecule has 1 unspecified atom stereocenters. The summed E-state index contributed by atoms with van der Waals surface area (Å²) in [5.74, 6) is 0.752. The van der Waals surface area contributed by atoms with E-state index in [9.17, 15) is 4.79 Å². The van der Waals surface area contributed by atoms with Crippen molar-refractivity contribution in [3.63, 3.8) is 0 Å². The molecular formula is C13H18N4O2S. The van der Waals surface area contributed by atoms with Crippen molar-refractivity contribution in [1.29, 1.82) is 0 Å². The number of amides is 1. The second-order valence-corrected chi connectivity index (χ2v) is 5.54. The maximum Gasteiger partial charge on any atom is 0.226 e. The van der Waals surface area contributed by atoms with Crippen molar-refractivity contribution in [2.45, 2.75) is 12.5 Å². The van der Waals surface area contributed by atoms with Gasteiger partial charge in [0.2, 0.25) is 5.91 Å². The van der Waals surface area contributed by atoms with E-state index in [0.717, 1.165) is 5.76 Å². The molecule has 0 aliphatic heterocycles. The van der Waals surface area contributed by atoms with Crippen LogP contribution in [0.5, 0.6) is 0 Å². The summed E-state index contributed by atoms with van der Waals surface area (Å²) in [7, 11) is 3.89. The smallest absolute Gasteiger partial charge is 0.226 e. The van der Waals surface area contributed by atoms with Crippen LogP contribution >= 0.6 is 11.3 Å². The predicted molar refractivity (Wildman–Crippen MR) is 78.4 cm³/mol. The summed E-state index contributed by atoms with van der Waals surface area (Å²) in [4.78, 5) is 18.0. The van der Waals surface area contributed by atoms with Crippen molar-refractivity contribution in [2.24, 2.45) is 0 Å². The molecule has 2 rings (SSSR count). The molecule has 0 saturated carbocycles. The topological polar surface area (TPSA) is 84.4 Å². The van der Waals surface area contributed by atoms with Gasteiger partial charge in [0.1, 0.15) is 5.76 Å². The first kappa shape index (κ1) is 14.5. The number of nitrogen functional groups attached to an aromatic ring is 1. The molecule has 108 valence electrons. The number of thiazole rings is 1. The number of hydrogen-bond donors (Lipinski definition) is 2. The number of rotatable bonds is 6. The van der Waals surface area contributed by atoms with Crippen LogP contribution in [-0.2, 0) is 11.2 Å². The Balaban J connectivity index is 1.88. The third-order valence-corrected chi connectivity index (χ3v) is 3.62. The molecule has 3 N–H and O–H groups in total. The molecule has 7 heteroatoms. The van der Waals surface area contributed by atoms with Crippen LogP contribution < -0.4 is 11.1 Å². The molecule has 0 spiro atoms. The second-order valence-electron chi connectivity index (χ2n) is 4.65. The number of likely N-dealkylation sites (N-methyl/N-ethyl adjacent to an activating group) is 1. The molecule has 0 aliphatic carbocycles. The summed E-state index contributed by atoms with van der Waals surface area (Å²) in [5.41, 5.74) is 6.24.